The Hall–Kier alpha value is -1.06. The highest BCUT2D eigenvalue weighted by Gasteiger charge is 2.36. The summed E-state index contributed by atoms with van der Waals surface area (Å²) in [4.78, 5) is 24.6. The van der Waals surface area contributed by atoms with Gasteiger partial charge in [0, 0.05) is 19.5 Å². The maximum Gasteiger partial charge on any atom is 0.306 e. The van der Waals surface area contributed by atoms with E-state index >= 15 is 0 Å². The normalized spacial score (nSPS) is 29.1. The Bertz CT molecular complexity index is 299. The number of hydrogen-bond donors (Lipinski definition) is 1. The molecule has 4 nitrogen and oxygen atoms in total. The van der Waals surface area contributed by atoms with Gasteiger partial charge in [0.15, 0.2) is 0 Å². The zero-order valence-corrected chi connectivity index (χ0v) is 9.69. The second kappa shape index (κ2) is 4.44. The van der Waals surface area contributed by atoms with Crippen molar-refractivity contribution in [3.8, 4) is 0 Å². The van der Waals surface area contributed by atoms with E-state index in [0.717, 1.165) is 13.0 Å². The highest BCUT2D eigenvalue weighted by Crippen LogP contribution is 2.34. The summed E-state index contributed by atoms with van der Waals surface area (Å²) in [6.45, 7) is 0.854. The second-order valence-corrected chi connectivity index (χ2v) is 5.21. The largest absolute Gasteiger partial charge is 0.481 e. The number of nitrogens with zero attached hydrogens (tertiary/aromatic N) is 1. The molecule has 16 heavy (non-hydrogen) atoms. The first-order chi connectivity index (χ1) is 7.58. The van der Waals surface area contributed by atoms with Crippen molar-refractivity contribution in [1.29, 1.82) is 0 Å². The van der Waals surface area contributed by atoms with E-state index in [1.807, 2.05) is 7.05 Å². The number of carbonyl (C=O) groups excluding carboxylic acids is 1. The molecule has 0 aliphatic heterocycles. The van der Waals surface area contributed by atoms with E-state index in [9.17, 15) is 9.59 Å². The molecular weight excluding hydrogens is 206 g/mol. The first-order valence-corrected chi connectivity index (χ1v) is 6.05. The number of carboxylic acids is 1. The molecule has 2 fully saturated rings. The van der Waals surface area contributed by atoms with Gasteiger partial charge in [0.05, 0.1) is 5.92 Å². The topological polar surface area (TPSA) is 57.6 Å². The second-order valence-electron chi connectivity index (χ2n) is 5.21. The molecule has 0 radical (unpaired) electrons. The van der Waals surface area contributed by atoms with Crippen molar-refractivity contribution in [2.75, 3.05) is 13.6 Å². The summed E-state index contributed by atoms with van der Waals surface area (Å²) in [5.41, 5.74) is 0. The Morgan fingerprint density at radius 2 is 1.81 bits per heavy atom. The summed E-state index contributed by atoms with van der Waals surface area (Å²) in [6, 6.07) is 0. The average molecular weight is 225 g/mol. The summed E-state index contributed by atoms with van der Waals surface area (Å²) in [7, 11) is 1.84. The highest BCUT2D eigenvalue weighted by atomic mass is 16.4. The van der Waals surface area contributed by atoms with Gasteiger partial charge in [-0.2, -0.15) is 0 Å². The number of amides is 1. The van der Waals surface area contributed by atoms with Crippen LogP contribution in [0.25, 0.3) is 0 Å². The third-order valence-corrected chi connectivity index (χ3v) is 3.74. The summed E-state index contributed by atoms with van der Waals surface area (Å²) >= 11 is 0. The Kier molecular flexibility index (Phi) is 3.17. The summed E-state index contributed by atoms with van der Waals surface area (Å²) in [6.07, 6.45) is 4.40. The van der Waals surface area contributed by atoms with Gasteiger partial charge in [-0.25, -0.2) is 0 Å². The van der Waals surface area contributed by atoms with Gasteiger partial charge < -0.3 is 10.0 Å². The predicted octanol–water partition coefficient (Wildman–Crippen LogP) is 1.36. The van der Waals surface area contributed by atoms with E-state index in [4.69, 9.17) is 5.11 Å². The van der Waals surface area contributed by atoms with Crippen LogP contribution >= 0.6 is 0 Å². The molecule has 0 unspecified atom stereocenters. The van der Waals surface area contributed by atoms with Crippen molar-refractivity contribution >= 4 is 11.9 Å². The first kappa shape index (κ1) is 11.4. The van der Waals surface area contributed by atoms with E-state index in [0.29, 0.717) is 18.8 Å². The molecule has 0 saturated heterocycles. The maximum absolute atomic E-state index is 12.0. The van der Waals surface area contributed by atoms with Gasteiger partial charge in [-0.3, -0.25) is 9.59 Å². The maximum atomic E-state index is 12.0. The number of aliphatic carboxylic acids is 1. The third kappa shape index (κ3) is 2.54. The standard InChI is InChI=1S/C12H19NO3/c1-13(7-8-2-3-8)11(14)9-4-5-10(6-9)12(15)16/h8-10H,2-7H2,1H3,(H,15,16)/t9-,10+/m1/s1. The minimum absolute atomic E-state index is 0.0511. The summed E-state index contributed by atoms with van der Waals surface area (Å²) in [5, 5.41) is 8.88. The molecule has 1 N–H and O–H groups in total. The van der Waals surface area contributed by atoms with Crippen molar-refractivity contribution < 1.29 is 14.7 Å². The van der Waals surface area contributed by atoms with Crippen molar-refractivity contribution in [1.82, 2.24) is 4.90 Å². The van der Waals surface area contributed by atoms with E-state index < -0.39 is 5.97 Å². The highest BCUT2D eigenvalue weighted by molar-refractivity contribution is 5.80. The number of rotatable bonds is 4. The zero-order valence-electron chi connectivity index (χ0n) is 9.69. The number of carboxylic acid groups (broad SMARTS) is 1. The molecule has 0 aromatic heterocycles. The van der Waals surface area contributed by atoms with Crippen LogP contribution in [0.1, 0.15) is 32.1 Å². The Morgan fingerprint density at radius 3 is 2.31 bits per heavy atom. The SMILES string of the molecule is CN(CC1CC1)C(=O)[C@@H]1CC[C@H](C(=O)O)C1. The third-order valence-electron chi connectivity index (χ3n) is 3.74. The fraction of sp³-hybridized carbons (Fsp3) is 0.833. The fourth-order valence-corrected chi connectivity index (χ4v) is 2.52. The van der Waals surface area contributed by atoms with Gasteiger partial charge in [-0.05, 0) is 38.0 Å². The average Bonchev–Trinajstić information content (AvgIpc) is 2.91. The first-order valence-electron chi connectivity index (χ1n) is 6.05. The molecule has 0 bridgehead atoms. The van der Waals surface area contributed by atoms with Crippen LogP contribution in [0, 0.1) is 17.8 Å². The summed E-state index contributed by atoms with van der Waals surface area (Å²) in [5.74, 6) is -0.255. The van der Waals surface area contributed by atoms with Crippen LogP contribution in [0.15, 0.2) is 0 Å². The van der Waals surface area contributed by atoms with Crippen LogP contribution in [0.2, 0.25) is 0 Å². The molecule has 0 aromatic rings. The Morgan fingerprint density at radius 1 is 1.19 bits per heavy atom. The number of carbonyl (C=O) groups is 2. The molecule has 0 spiro atoms. The van der Waals surface area contributed by atoms with E-state index in [2.05, 4.69) is 0 Å². The van der Waals surface area contributed by atoms with Crippen molar-refractivity contribution in [2.24, 2.45) is 17.8 Å². The monoisotopic (exact) mass is 225 g/mol. The van der Waals surface area contributed by atoms with Crippen LogP contribution < -0.4 is 0 Å². The molecule has 2 aliphatic carbocycles. The van der Waals surface area contributed by atoms with Crippen LogP contribution in [0.5, 0.6) is 0 Å². The number of hydrogen-bond acceptors (Lipinski definition) is 2. The predicted molar refractivity (Wildman–Crippen MR) is 58.8 cm³/mol. The smallest absolute Gasteiger partial charge is 0.306 e. The van der Waals surface area contributed by atoms with E-state index in [1.165, 1.54) is 12.8 Å². The van der Waals surface area contributed by atoms with Crippen molar-refractivity contribution in [3.63, 3.8) is 0 Å². The lowest BCUT2D eigenvalue weighted by molar-refractivity contribution is -0.141. The molecular formula is C12H19NO3. The van der Waals surface area contributed by atoms with E-state index in [-0.39, 0.29) is 17.7 Å². The minimum Gasteiger partial charge on any atom is -0.481 e. The minimum atomic E-state index is -0.750. The molecule has 0 aromatic carbocycles. The van der Waals surface area contributed by atoms with Gasteiger partial charge in [0.1, 0.15) is 0 Å². The van der Waals surface area contributed by atoms with E-state index in [1.54, 1.807) is 4.90 Å². The molecule has 2 aliphatic rings. The van der Waals surface area contributed by atoms with Crippen LogP contribution in [0.3, 0.4) is 0 Å². The van der Waals surface area contributed by atoms with Crippen molar-refractivity contribution in [2.45, 2.75) is 32.1 Å². The van der Waals surface area contributed by atoms with Gasteiger partial charge in [0.2, 0.25) is 5.91 Å². The lowest BCUT2D eigenvalue weighted by Crippen LogP contribution is -2.33. The molecule has 90 valence electrons. The lowest BCUT2D eigenvalue weighted by atomic mass is 10.0. The van der Waals surface area contributed by atoms with Crippen LogP contribution in [-0.2, 0) is 9.59 Å². The zero-order chi connectivity index (χ0) is 11.7. The molecule has 0 heterocycles. The molecule has 1 amide bonds. The Labute approximate surface area is 95.6 Å². The molecule has 2 saturated carbocycles. The van der Waals surface area contributed by atoms with Gasteiger partial charge >= 0.3 is 5.97 Å². The van der Waals surface area contributed by atoms with Gasteiger partial charge in [0.25, 0.3) is 0 Å². The molecule has 4 heteroatoms. The fourth-order valence-electron chi connectivity index (χ4n) is 2.52. The van der Waals surface area contributed by atoms with Crippen LogP contribution in [-0.4, -0.2) is 35.5 Å². The van der Waals surface area contributed by atoms with Gasteiger partial charge in [-0.1, -0.05) is 0 Å². The van der Waals surface area contributed by atoms with Crippen LogP contribution in [0.4, 0.5) is 0 Å². The summed E-state index contributed by atoms with van der Waals surface area (Å²) < 4.78 is 0. The Balaban J connectivity index is 1.83. The molecule has 2 atom stereocenters. The lowest BCUT2D eigenvalue weighted by Gasteiger charge is -2.20. The van der Waals surface area contributed by atoms with Gasteiger partial charge in [-0.15, -0.1) is 0 Å². The molecule has 2 rings (SSSR count). The van der Waals surface area contributed by atoms with Crippen molar-refractivity contribution in [3.05, 3.63) is 0 Å². The quantitative estimate of drug-likeness (QED) is 0.785.